The maximum Gasteiger partial charge on any atom is 0.308 e. The summed E-state index contributed by atoms with van der Waals surface area (Å²) < 4.78 is 33.9. The number of methoxy groups -OCH3 is 1. The lowest BCUT2D eigenvalue weighted by molar-refractivity contribution is -0.131. The van der Waals surface area contributed by atoms with Gasteiger partial charge >= 0.3 is 5.97 Å². The lowest BCUT2D eigenvalue weighted by Crippen LogP contribution is -2.30. The minimum atomic E-state index is -3.84. The lowest BCUT2D eigenvalue weighted by atomic mass is 9.99. The Morgan fingerprint density at radius 2 is 2.00 bits per heavy atom. The van der Waals surface area contributed by atoms with Gasteiger partial charge in [-0.1, -0.05) is 12.1 Å². The topological polar surface area (TPSA) is 98.9 Å². The fourth-order valence-corrected chi connectivity index (χ4v) is 4.00. The van der Waals surface area contributed by atoms with Gasteiger partial charge in [-0.15, -0.1) is 0 Å². The Morgan fingerprint density at radius 1 is 1.22 bits per heavy atom. The Kier molecular flexibility index (Phi) is 5.50. The van der Waals surface area contributed by atoms with Crippen molar-refractivity contribution in [3.63, 3.8) is 0 Å². The van der Waals surface area contributed by atoms with Gasteiger partial charge in [0.15, 0.2) is 0 Å². The first kappa shape index (κ1) is 19.3. The molecule has 2 aromatic rings. The molecule has 0 saturated heterocycles. The molecule has 0 unspecified atom stereocenters. The molecule has 0 fully saturated rings. The highest BCUT2D eigenvalue weighted by atomic mass is 32.2. The highest BCUT2D eigenvalue weighted by Gasteiger charge is 2.23. The van der Waals surface area contributed by atoms with Crippen molar-refractivity contribution < 1.29 is 22.7 Å². The van der Waals surface area contributed by atoms with E-state index in [4.69, 9.17) is 14.6 Å². The van der Waals surface area contributed by atoms with Crippen LogP contribution in [0.25, 0.3) is 0 Å². The van der Waals surface area contributed by atoms with Crippen LogP contribution in [-0.4, -0.2) is 32.9 Å². The highest BCUT2D eigenvalue weighted by Crippen LogP contribution is 2.31. The van der Waals surface area contributed by atoms with Gasteiger partial charge in [-0.2, -0.15) is 0 Å². The van der Waals surface area contributed by atoms with Gasteiger partial charge in [0.25, 0.3) is 0 Å². The average molecular weight is 390 g/mol. The second-order valence-corrected chi connectivity index (χ2v) is 8.05. The third kappa shape index (κ3) is 4.65. The standard InChI is InChI=1S/C19H22N2O5S/c1-13(22)26-17-5-3-4-14(8-17)11-21-7-6-15-10-19(27(20,23)24)18(25-2)9-16(15)12-21/h3-5,8-10H,6-7,11-12H2,1-2H3,(H2,20,23,24). The molecule has 2 aromatic carbocycles. The summed E-state index contributed by atoms with van der Waals surface area (Å²) in [5, 5.41) is 5.29. The van der Waals surface area contributed by atoms with E-state index < -0.39 is 10.0 Å². The van der Waals surface area contributed by atoms with Crippen LogP contribution in [0.3, 0.4) is 0 Å². The van der Waals surface area contributed by atoms with Crippen molar-refractivity contribution in [3.8, 4) is 11.5 Å². The molecular formula is C19H22N2O5S. The Balaban J connectivity index is 1.80. The molecule has 0 aliphatic carbocycles. The van der Waals surface area contributed by atoms with Crippen molar-refractivity contribution in [1.29, 1.82) is 0 Å². The van der Waals surface area contributed by atoms with Crippen molar-refractivity contribution >= 4 is 16.0 Å². The summed E-state index contributed by atoms with van der Waals surface area (Å²) >= 11 is 0. The first-order valence-electron chi connectivity index (χ1n) is 8.48. The number of benzene rings is 2. The smallest absolute Gasteiger partial charge is 0.308 e. The number of esters is 1. The Morgan fingerprint density at radius 3 is 2.67 bits per heavy atom. The molecule has 0 saturated carbocycles. The molecular weight excluding hydrogens is 368 g/mol. The van der Waals surface area contributed by atoms with Gasteiger partial charge in [0.05, 0.1) is 7.11 Å². The maximum absolute atomic E-state index is 11.8. The van der Waals surface area contributed by atoms with Gasteiger partial charge in [-0.25, -0.2) is 13.6 Å². The molecule has 27 heavy (non-hydrogen) atoms. The molecule has 144 valence electrons. The van der Waals surface area contributed by atoms with Crippen LogP contribution in [0.4, 0.5) is 0 Å². The van der Waals surface area contributed by atoms with Gasteiger partial charge in [0.1, 0.15) is 16.4 Å². The summed E-state index contributed by atoms with van der Waals surface area (Å²) in [5.41, 5.74) is 3.01. The maximum atomic E-state index is 11.8. The molecule has 7 nitrogen and oxygen atoms in total. The van der Waals surface area contributed by atoms with Gasteiger partial charge in [0.2, 0.25) is 10.0 Å². The van der Waals surface area contributed by atoms with E-state index in [1.165, 1.54) is 14.0 Å². The first-order valence-corrected chi connectivity index (χ1v) is 10.0. The number of rotatable bonds is 5. The second-order valence-electron chi connectivity index (χ2n) is 6.52. The molecule has 0 bridgehead atoms. The lowest BCUT2D eigenvalue weighted by Gasteiger charge is -2.29. The van der Waals surface area contributed by atoms with Crippen LogP contribution in [0.5, 0.6) is 11.5 Å². The zero-order valence-corrected chi connectivity index (χ0v) is 16.1. The van der Waals surface area contributed by atoms with Gasteiger partial charge in [0, 0.05) is 26.6 Å². The van der Waals surface area contributed by atoms with E-state index in [1.54, 1.807) is 18.2 Å². The molecule has 0 amide bonds. The van der Waals surface area contributed by atoms with Crippen LogP contribution in [0.15, 0.2) is 41.3 Å². The minimum absolute atomic E-state index is 0.0197. The second kappa shape index (κ2) is 7.67. The Bertz CT molecular complexity index is 972. The summed E-state index contributed by atoms with van der Waals surface area (Å²) in [6.07, 6.45) is 0.714. The van der Waals surface area contributed by atoms with Crippen LogP contribution < -0.4 is 14.6 Å². The SMILES string of the molecule is COc1cc2c(cc1S(N)(=O)=O)CCN(Cc1cccc(OC(C)=O)c1)C2. The van der Waals surface area contributed by atoms with Crippen molar-refractivity contribution in [2.24, 2.45) is 5.14 Å². The number of hydrogen-bond donors (Lipinski definition) is 1. The number of fused-ring (bicyclic) bond motifs is 1. The normalized spacial score (nSPS) is 14.5. The van der Waals surface area contributed by atoms with Crippen LogP contribution in [0, 0.1) is 0 Å². The number of carbonyl (C=O) groups is 1. The van der Waals surface area contributed by atoms with Crippen LogP contribution in [0.1, 0.15) is 23.6 Å². The summed E-state index contributed by atoms with van der Waals surface area (Å²) in [7, 11) is -2.41. The van der Waals surface area contributed by atoms with Gasteiger partial charge < -0.3 is 9.47 Å². The number of sulfonamides is 1. The number of carbonyl (C=O) groups excluding carboxylic acids is 1. The van der Waals surface area contributed by atoms with Crippen LogP contribution >= 0.6 is 0 Å². The van der Waals surface area contributed by atoms with E-state index in [0.717, 1.165) is 23.2 Å². The summed E-state index contributed by atoms with van der Waals surface area (Å²) in [6.45, 7) is 3.50. The molecule has 1 heterocycles. The van der Waals surface area contributed by atoms with E-state index in [9.17, 15) is 13.2 Å². The first-order chi connectivity index (χ1) is 12.8. The van der Waals surface area contributed by atoms with Crippen molar-refractivity contribution in [3.05, 3.63) is 53.1 Å². The number of ether oxygens (including phenoxy) is 2. The molecule has 0 spiro atoms. The van der Waals surface area contributed by atoms with E-state index in [-0.39, 0.29) is 16.6 Å². The molecule has 0 atom stereocenters. The zero-order chi connectivity index (χ0) is 19.6. The molecule has 0 radical (unpaired) electrons. The number of nitrogens with zero attached hydrogens (tertiary/aromatic N) is 1. The summed E-state index contributed by atoms with van der Waals surface area (Å²) in [4.78, 5) is 13.4. The number of primary sulfonamides is 1. The largest absolute Gasteiger partial charge is 0.495 e. The molecule has 1 aliphatic rings. The zero-order valence-electron chi connectivity index (χ0n) is 15.3. The van der Waals surface area contributed by atoms with Crippen molar-refractivity contribution in [2.45, 2.75) is 31.3 Å². The molecule has 1 aliphatic heterocycles. The minimum Gasteiger partial charge on any atom is -0.495 e. The van der Waals surface area contributed by atoms with E-state index >= 15 is 0 Å². The molecule has 8 heteroatoms. The summed E-state index contributed by atoms with van der Waals surface area (Å²) in [6, 6.07) is 10.8. The summed E-state index contributed by atoms with van der Waals surface area (Å²) in [5.74, 6) is 0.434. The van der Waals surface area contributed by atoms with Gasteiger partial charge in [-0.3, -0.25) is 9.69 Å². The van der Waals surface area contributed by atoms with Crippen molar-refractivity contribution in [2.75, 3.05) is 13.7 Å². The van der Waals surface area contributed by atoms with Gasteiger partial charge in [-0.05, 0) is 47.4 Å². The fourth-order valence-electron chi connectivity index (χ4n) is 3.27. The number of hydrogen-bond acceptors (Lipinski definition) is 6. The van der Waals surface area contributed by atoms with Crippen LogP contribution in [0.2, 0.25) is 0 Å². The quantitative estimate of drug-likeness (QED) is 0.618. The third-order valence-electron chi connectivity index (χ3n) is 4.45. The van der Waals surface area contributed by atoms with E-state index in [2.05, 4.69) is 4.90 Å². The predicted octanol–water partition coefficient (Wildman–Crippen LogP) is 1.83. The molecule has 3 rings (SSSR count). The monoisotopic (exact) mass is 390 g/mol. The van der Waals surface area contributed by atoms with E-state index in [1.807, 2.05) is 18.2 Å². The predicted molar refractivity (Wildman–Crippen MR) is 99.9 cm³/mol. The number of nitrogens with two attached hydrogens (primary N) is 1. The molecule has 2 N–H and O–H groups in total. The van der Waals surface area contributed by atoms with Crippen molar-refractivity contribution in [1.82, 2.24) is 4.90 Å². The van der Waals surface area contributed by atoms with E-state index in [0.29, 0.717) is 25.3 Å². The Hall–Kier alpha value is -2.42. The Labute approximate surface area is 158 Å². The third-order valence-corrected chi connectivity index (χ3v) is 5.38. The molecule has 0 aromatic heterocycles. The fraction of sp³-hybridized carbons (Fsp3) is 0.316. The average Bonchev–Trinajstić information content (AvgIpc) is 2.59. The van der Waals surface area contributed by atoms with Crippen LogP contribution in [-0.2, 0) is 34.3 Å². The highest BCUT2D eigenvalue weighted by molar-refractivity contribution is 7.89.